The first-order valence-corrected chi connectivity index (χ1v) is 10.4. The van der Waals surface area contributed by atoms with Crippen LogP contribution in [0.4, 0.5) is 0 Å². The summed E-state index contributed by atoms with van der Waals surface area (Å²) in [6.45, 7) is 4.22. The summed E-state index contributed by atoms with van der Waals surface area (Å²) in [6, 6.07) is 3.93. The molecule has 1 aliphatic rings. The molecule has 1 aliphatic heterocycles. The maximum atomic E-state index is 13.2. The van der Waals surface area contributed by atoms with Gasteiger partial charge < -0.3 is 0 Å². The van der Waals surface area contributed by atoms with E-state index < -0.39 is 10.0 Å². The van der Waals surface area contributed by atoms with Crippen LogP contribution in [0.25, 0.3) is 11.0 Å². The Morgan fingerprint density at radius 2 is 2.00 bits per heavy atom. The highest BCUT2D eigenvalue weighted by Gasteiger charge is 2.33. The van der Waals surface area contributed by atoms with Crippen molar-refractivity contribution in [3.63, 3.8) is 0 Å². The quantitative estimate of drug-likeness (QED) is 0.617. The summed E-state index contributed by atoms with van der Waals surface area (Å²) in [5.41, 5.74) is 3.70. The second-order valence-corrected chi connectivity index (χ2v) is 9.30. The molecule has 0 aromatic carbocycles. The summed E-state index contributed by atoms with van der Waals surface area (Å²) in [4.78, 5) is 9.25. The molecule has 0 saturated carbocycles. The molecule has 26 heavy (non-hydrogen) atoms. The van der Waals surface area contributed by atoms with Crippen LogP contribution in [0, 0.1) is 13.8 Å². The van der Waals surface area contributed by atoms with Crippen molar-refractivity contribution in [1.82, 2.24) is 24.1 Å². The Hall–Kier alpha value is -1.84. The predicted octanol–water partition coefficient (Wildman–Crippen LogP) is 2.49. The van der Waals surface area contributed by atoms with Crippen molar-refractivity contribution in [2.75, 3.05) is 6.54 Å². The van der Waals surface area contributed by atoms with Gasteiger partial charge in [-0.15, -0.1) is 0 Å². The van der Waals surface area contributed by atoms with Crippen LogP contribution < -0.4 is 0 Å². The highest BCUT2D eigenvalue weighted by molar-refractivity contribution is 9.10. The molecular weight excluding hydrogens is 418 g/mol. The SMILES string of the molecule is Cc1nn(C)c(C)c1S(=O)(=O)N1CCc2nc3ncc(Br)cc3cc2C1. The number of hydrogen-bond acceptors (Lipinski definition) is 5. The van der Waals surface area contributed by atoms with Crippen molar-refractivity contribution in [3.8, 4) is 0 Å². The molecule has 7 nitrogen and oxygen atoms in total. The van der Waals surface area contributed by atoms with Gasteiger partial charge in [0.05, 0.1) is 11.4 Å². The lowest BCUT2D eigenvalue weighted by Crippen LogP contribution is -2.36. The number of sulfonamides is 1. The largest absolute Gasteiger partial charge is 0.271 e. The number of nitrogens with zero attached hydrogens (tertiary/aromatic N) is 5. The van der Waals surface area contributed by atoms with E-state index in [0.717, 1.165) is 21.1 Å². The number of pyridine rings is 2. The average molecular weight is 436 g/mol. The number of hydrogen-bond donors (Lipinski definition) is 0. The molecular formula is C17H18BrN5O2S. The summed E-state index contributed by atoms with van der Waals surface area (Å²) in [7, 11) is -1.85. The Morgan fingerprint density at radius 3 is 2.69 bits per heavy atom. The Bertz CT molecular complexity index is 1140. The summed E-state index contributed by atoms with van der Waals surface area (Å²) >= 11 is 3.42. The van der Waals surface area contributed by atoms with Gasteiger partial charge in [0.2, 0.25) is 10.0 Å². The molecule has 0 unspecified atom stereocenters. The number of fused-ring (bicyclic) bond motifs is 2. The minimum atomic E-state index is -3.61. The smallest absolute Gasteiger partial charge is 0.247 e. The highest BCUT2D eigenvalue weighted by Crippen LogP contribution is 2.29. The van der Waals surface area contributed by atoms with Crippen LogP contribution in [-0.4, -0.2) is 39.0 Å². The van der Waals surface area contributed by atoms with E-state index in [-0.39, 0.29) is 0 Å². The molecule has 4 heterocycles. The highest BCUT2D eigenvalue weighted by atomic mass is 79.9. The molecule has 0 aliphatic carbocycles. The molecule has 0 radical (unpaired) electrons. The van der Waals surface area contributed by atoms with Gasteiger partial charge in [0.25, 0.3) is 0 Å². The van der Waals surface area contributed by atoms with E-state index in [1.54, 1.807) is 31.8 Å². The fourth-order valence-corrected chi connectivity index (χ4v) is 5.60. The third kappa shape index (κ3) is 2.74. The third-order valence-corrected chi connectivity index (χ3v) is 7.32. The first kappa shape index (κ1) is 17.6. The van der Waals surface area contributed by atoms with Crippen molar-refractivity contribution < 1.29 is 8.42 Å². The van der Waals surface area contributed by atoms with Gasteiger partial charge in [-0.2, -0.15) is 9.40 Å². The summed E-state index contributed by atoms with van der Waals surface area (Å²) in [5.74, 6) is 0. The predicted molar refractivity (Wildman–Crippen MR) is 101 cm³/mol. The first-order valence-electron chi connectivity index (χ1n) is 8.22. The maximum absolute atomic E-state index is 13.2. The molecule has 0 N–H and O–H groups in total. The first-order chi connectivity index (χ1) is 12.3. The van der Waals surface area contributed by atoms with Crippen LogP contribution in [0.1, 0.15) is 22.6 Å². The van der Waals surface area contributed by atoms with Gasteiger partial charge in [0, 0.05) is 48.3 Å². The maximum Gasteiger partial charge on any atom is 0.247 e. The van der Waals surface area contributed by atoms with E-state index in [0.29, 0.717) is 41.4 Å². The van der Waals surface area contributed by atoms with Crippen LogP contribution >= 0.6 is 15.9 Å². The Morgan fingerprint density at radius 1 is 1.23 bits per heavy atom. The summed E-state index contributed by atoms with van der Waals surface area (Å²) < 4.78 is 30.4. The number of aromatic nitrogens is 4. The van der Waals surface area contributed by atoms with E-state index in [1.807, 2.05) is 12.1 Å². The van der Waals surface area contributed by atoms with Crippen molar-refractivity contribution in [2.24, 2.45) is 7.05 Å². The van der Waals surface area contributed by atoms with Gasteiger partial charge in [-0.05, 0) is 47.5 Å². The Balaban J connectivity index is 1.76. The van der Waals surface area contributed by atoms with Crippen LogP contribution in [0.15, 0.2) is 27.7 Å². The molecule has 0 spiro atoms. The minimum Gasteiger partial charge on any atom is -0.271 e. The zero-order chi connectivity index (χ0) is 18.6. The monoisotopic (exact) mass is 435 g/mol. The zero-order valence-corrected chi connectivity index (χ0v) is 17.1. The molecule has 0 fully saturated rings. The van der Waals surface area contributed by atoms with Gasteiger partial charge in [-0.25, -0.2) is 18.4 Å². The van der Waals surface area contributed by atoms with Crippen molar-refractivity contribution >= 4 is 37.0 Å². The fraction of sp³-hybridized carbons (Fsp3) is 0.353. The molecule has 0 saturated heterocycles. The second kappa shape index (κ2) is 6.11. The van der Waals surface area contributed by atoms with Gasteiger partial charge in [-0.1, -0.05) is 0 Å². The number of halogens is 1. The van der Waals surface area contributed by atoms with Gasteiger partial charge in [0.15, 0.2) is 5.65 Å². The van der Waals surface area contributed by atoms with Crippen LogP contribution in [0.5, 0.6) is 0 Å². The van der Waals surface area contributed by atoms with Gasteiger partial charge >= 0.3 is 0 Å². The number of rotatable bonds is 2. The minimum absolute atomic E-state index is 0.306. The van der Waals surface area contributed by atoms with Gasteiger partial charge in [-0.3, -0.25) is 4.68 Å². The van der Waals surface area contributed by atoms with Gasteiger partial charge in [0.1, 0.15) is 4.90 Å². The van der Waals surface area contributed by atoms with E-state index in [9.17, 15) is 8.42 Å². The molecule has 0 amide bonds. The number of aryl methyl sites for hydroxylation is 2. The molecule has 0 atom stereocenters. The summed E-state index contributed by atoms with van der Waals surface area (Å²) in [5, 5.41) is 5.15. The lowest BCUT2D eigenvalue weighted by atomic mass is 10.1. The molecule has 0 bridgehead atoms. The van der Waals surface area contributed by atoms with Crippen LogP contribution in [0.2, 0.25) is 0 Å². The lowest BCUT2D eigenvalue weighted by Gasteiger charge is -2.27. The standard InChI is InChI=1S/C17H18BrN5O2S/c1-10-16(11(2)22(3)21-10)26(24,25)23-5-4-15-13(9-23)6-12-7-14(18)8-19-17(12)20-15/h6-8H,4-5,9H2,1-3H3. The van der Waals surface area contributed by atoms with E-state index in [2.05, 4.69) is 31.0 Å². The van der Waals surface area contributed by atoms with Crippen LogP contribution in [0.3, 0.4) is 0 Å². The molecule has 4 rings (SSSR count). The average Bonchev–Trinajstić information content (AvgIpc) is 2.85. The normalized spacial score (nSPS) is 15.4. The second-order valence-electron chi connectivity index (χ2n) is 6.51. The van der Waals surface area contributed by atoms with E-state index in [1.165, 1.54) is 4.31 Å². The molecule has 3 aromatic heterocycles. The van der Waals surface area contributed by atoms with E-state index >= 15 is 0 Å². The fourth-order valence-electron chi connectivity index (χ4n) is 3.43. The molecule has 136 valence electrons. The van der Waals surface area contributed by atoms with Crippen molar-refractivity contribution in [2.45, 2.75) is 31.7 Å². The molecule has 9 heteroatoms. The van der Waals surface area contributed by atoms with Crippen molar-refractivity contribution in [3.05, 3.63) is 45.4 Å². The van der Waals surface area contributed by atoms with E-state index in [4.69, 9.17) is 0 Å². The Labute approximate surface area is 160 Å². The molecule has 3 aromatic rings. The summed E-state index contributed by atoms with van der Waals surface area (Å²) in [6.07, 6.45) is 2.29. The lowest BCUT2D eigenvalue weighted by molar-refractivity contribution is 0.388. The van der Waals surface area contributed by atoms with Crippen molar-refractivity contribution in [1.29, 1.82) is 0 Å². The Kier molecular flexibility index (Phi) is 4.13. The third-order valence-electron chi connectivity index (χ3n) is 4.79. The van der Waals surface area contributed by atoms with Crippen LogP contribution in [-0.2, 0) is 30.0 Å². The topological polar surface area (TPSA) is 81.0 Å². The zero-order valence-electron chi connectivity index (χ0n) is 14.7.